The van der Waals surface area contributed by atoms with Gasteiger partial charge in [0.05, 0.1) is 0 Å². The van der Waals surface area contributed by atoms with E-state index in [2.05, 4.69) is 27.7 Å². The highest BCUT2D eigenvalue weighted by molar-refractivity contribution is 5.76. The summed E-state index contributed by atoms with van der Waals surface area (Å²) >= 11 is 0. The first-order valence-corrected chi connectivity index (χ1v) is 6.82. The zero-order valence-electron chi connectivity index (χ0n) is 11.6. The standard InChI is InChI=1S/C12H27N5O/c1-3-4-14-12(18)9-11(10-13)15-17-7-5-16(2)6-8-17/h11,15H,3-10,13H2,1-2H3,(H,14,18). The van der Waals surface area contributed by atoms with Crippen LogP contribution in [0.1, 0.15) is 19.8 Å². The van der Waals surface area contributed by atoms with Gasteiger partial charge in [0.2, 0.25) is 5.91 Å². The molecule has 0 aromatic heterocycles. The Morgan fingerprint density at radius 2 is 2.00 bits per heavy atom. The highest BCUT2D eigenvalue weighted by Crippen LogP contribution is 1.99. The van der Waals surface area contributed by atoms with Crippen molar-refractivity contribution in [2.45, 2.75) is 25.8 Å². The quantitative estimate of drug-likeness (QED) is 0.544. The summed E-state index contributed by atoms with van der Waals surface area (Å²) in [6.45, 7) is 7.31. The van der Waals surface area contributed by atoms with Gasteiger partial charge in [-0.15, -0.1) is 0 Å². The van der Waals surface area contributed by atoms with Gasteiger partial charge in [-0.2, -0.15) is 0 Å². The van der Waals surface area contributed by atoms with Crippen molar-refractivity contribution in [3.8, 4) is 0 Å². The monoisotopic (exact) mass is 257 g/mol. The molecule has 6 heteroatoms. The zero-order chi connectivity index (χ0) is 13.4. The molecule has 1 saturated heterocycles. The van der Waals surface area contributed by atoms with E-state index in [1.165, 1.54) is 0 Å². The molecule has 106 valence electrons. The molecule has 0 aliphatic carbocycles. The molecule has 1 unspecified atom stereocenters. The van der Waals surface area contributed by atoms with Gasteiger partial charge in [-0.1, -0.05) is 6.92 Å². The van der Waals surface area contributed by atoms with Crippen LogP contribution in [0.5, 0.6) is 0 Å². The maximum atomic E-state index is 11.6. The molecule has 1 fully saturated rings. The fraction of sp³-hybridized carbons (Fsp3) is 0.917. The molecule has 4 N–H and O–H groups in total. The van der Waals surface area contributed by atoms with E-state index in [-0.39, 0.29) is 11.9 Å². The topological polar surface area (TPSA) is 73.6 Å². The van der Waals surface area contributed by atoms with Crippen molar-refractivity contribution in [1.82, 2.24) is 20.7 Å². The molecule has 0 bridgehead atoms. The largest absolute Gasteiger partial charge is 0.356 e. The number of rotatable bonds is 7. The normalized spacial score (nSPS) is 19.7. The average molecular weight is 257 g/mol. The molecule has 0 saturated carbocycles. The second kappa shape index (κ2) is 8.42. The number of likely N-dealkylation sites (N-methyl/N-ethyl adjacent to an activating group) is 1. The molecule has 1 aliphatic heterocycles. The lowest BCUT2D eigenvalue weighted by Gasteiger charge is -2.35. The Hall–Kier alpha value is -0.690. The fourth-order valence-electron chi connectivity index (χ4n) is 1.94. The van der Waals surface area contributed by atoms with Crippen molar-refractivity contribution in [1.29, 1.82) is 0 Å². The minimum atomic E-state index is 0.0327. The summed E-state index contributed by atoms with van der Waals surface area (Å²) in [7, 11) is 2.12. The predicted molar refractivity (Wildman–Crippen MR) is 73.0 cm³/mol. The molecule has 1 heterocycles. The van der Waals surface area contributed by atoms with E-state index in [9.17, 15) is 4.79 Å². The third-order valence-corrected chi connectivity index (χ3v) is 3.16. The van der Waals surface area contributed by atoms with Gasteiger partial charge in [0.1, 0.15) is 0 Å². The van der Waals surface area contributed by atoms with Gasteiger partial charge >= 0.3 is 0 Å². The number of carbonyl (C=O) groups is 1. The van der Waals surface area contributed by atoms with Crippen LogP contribution in [0.2, 0.25) is 0 Å². The van der Waals surface area contributed by atoms with Crippen LogP contribution < -0.4 is 16.5 Å². The van der Waals surface area contributed by atoms with E-state index in [1.807, 2.05) is 6.92 Å². The summed E-state index contributed by atoms with van der Waals surface area (Å²) in [5, 5.41) is 5.05. The van der Waals surface area contributed by atoms with E-state index in [0.29, 0.717) is 13.0 Å². The lowest BCUT2D eigenvalue weighted by atomic mass is 10.2. The number of amides is 1. The third-order valence-electron chi connectivity index (χ3n) is 3.16. The minimum Gasteiger partial charge on any atom is -0.356 e. The Kier molecular flexibility index (Phi) is 7.19. The zero-order valence-corrected chi connectivity index (χ0v) is 11.6. The van der Waals surface area contributed by atoms with Crippen LogP contribution in [0.3, 0.4) is 0 Å². The lowest BCUT2D eigenvalue weighted by Crippen LogP contribution is -2.56. The van der Waals surface area contributed by atoms with Crippen molar-refractivity contribution >= 4 is 5.91 Å². The number of hydrogen-bond donors (Lipinski definition) is 3. The highest BCUT2D eigenvalue weighted by atomic mass is 16.1. The molecule has 18 heavy (non-hydrogen) atoms. The molecule has 1 amide bonds. The summed E-state index contributed by atoms with van der Waals surface area (Å²) in [6.07, 6.45) is 1.41. The van der Waals surface area contributed by atoms with E-state index in [1.54, 1.807) is 0 Å². The SMILES string of the molecule is CCCNC(=O)CC(CN)NN1CCN(C)CC1. The Morgan fingerprint density at radius 3 is 2.56 bits per heavy atom. The number of nitrogens with one attached hydrogen (secondary N) is 2. The van der Waals surface area contributed by atoms with Gasteiger partial charge in [-0.05, 0) is 13.5 Å². The highest BCUT2D eigenvalue weighted by Gasteiger charge is 2.18. The van der Waals surface area contributed by atoms with Crippen molar-refractivity contribution < 1.29 is 4.79 Å². The predicted octanol–water partition coefficient (Wildman–Crippen LogP) is -1.02. The first-order chi connectivity index (χ1) is 8.65. The van der Waals surface area contributed by atoms with Gasteiger partial charge < -0.3 is 16.0 Å². The lowest BCUT2D eigenvalue weighted by molar-refractivity contribution is -0.121. The summed E-state index contributed by atoms with van der Waals surface area (Å²) in [5.74, 6) is 0.0777. The van der Waals surface area contributed by atoms with Gasteiger partial charge in [-0.25, -0.2) is 5.01 Å². The maximum Gasteiger partial charge on any atom is 0.221 e. The van der Waals surface area contributed by atoms with Crippen LogP contribution in [0, 0.1) is 0 Å². The molecular formula is C12H27N5O. The second-order valence-corrected chi connectivity index (χ2v) is 4.91. The molecule has 6 nitrogen and oxygen atoms in total. The Labute approximate surface area is 110 Å². The minimum absolute atomic E-state index is 0.0327. The smallest absolute Gasteiger partial charge is 0.221 e. The molecule has 1 aliphatic rings. The molecule has 0 spiro atoms. The van der Waals surface area contributed by atoms with E-state index in [0.717, 1.165) is 39.1 Å². The van der Waals surface area contributed by atoms with E-state index >= 15 is 0 Å². The summed E-state index contributed by atoms with van der Waals surface area (Å²) in [6, 6.07) is 0.0327. The molecule has 0 aromatic rings. The first-order valence-electron chi connectivity index (χ1n) is 6.82. The second-order valence-electron chi connectivity index (χ2n) is 4.91. The summed E-state index contributed by atoms with van der Waals surface area (Å²) < 4.78 is 0. The van der Waals surface area contributed by atoms with Crippen LogP contribution in [-0.2, 0) is 4.79 Å². The Morgan fingerprint density at radius 1 is 1.33 bits per heavy atom. The Bertz CT molecular complexity index is 241. The fourth-order valence-corrected chi connectivity index (χ4v) is 1.94. The van der Waals surface area contributed by atoms with Gasteiger partial charge in [0.25, 0.3) is 0 Å². The number of nitrogens with zero attached hydrogens (tertiary/aromatic N) is 2. The van der Waals surface area contributed by atoms with Crippen molar-refractivity contribution in [3.05, 3.63) is 0 Å². The van der Waals surface area contributed by atoms with Crippen molar-refractivity contribution in [2.24, 2.45) is 5.73 Å². The van der Waals surface area contributed by atoms with Crippen LogP contribution >= 0.6 is 0 Å². The van der Waals surface area contributed by atoms with E-state index < -0.39 is 0 Å². The van der Waals surface area contributed by atoms with E-state index in [4.69, 9.17) is 5.73 Å². The molecule has 0 radical (unpaired) electrons. The third kappa shape index (κ3) is 5.77. The number of nitrogens with two attached hydrogens (primary N) is 1. The van der Waals surface area contributed by atoms with Crippen LogP contribution in [-0.4, -0.2) is 68.2 Å². The van der Waals surface area contributed by atoms with Crippen molar-refractivity contribution in [3.63, 3.8) is 0 Å². The molecule has 1 rings (SSSR count). The first kappa shape index (κ1) is 15.4. The number of carbonyl (C=O) groups excluding carboxylic acids is 1. The van der Waals surface area contributed by atoms with Crippen LogP contribution in [0.25, 0.3) is 0 Å². The van der Waals surface area contributed by atoms with Gasteiger partial charge in [0, 0.05) is 51.7 Å². The number of hydrogen-bond acceptors (Lipinski definition) is 5. The molecule has 1 atom stereocenters. The van der Waals surface area contributed by atoms with Gasteiger partial charge in [0.15, 0.2) is 0 Å². The number of piperazine rings is 1. The van der Waals surface area contributed by atoms with Crippen LogP contribution in [0.15, 0.2) is 0 Å². The van der Waals surface area contributed by atoms with Crippen molar-refractivity contribution in [2.75, 3.05) is 46.3 Å². The van der Waals surface area contributed by atoms with Crippen LogP contribution in [0.4, 0.5) is 0 Å². The molecule has 0 aromatic carbocycles. The molecular weight excluding hydrogens is 230 g/mol. The number of hydrazine groups is 1. The summed E-state index contributed by atoms with van der Waals surface area (Å²) in [5.41, 5.74) is 9.07. The maximum absolute atomic E-state index is 11.6. The Balaban J connectivity index is 2.26. The average Bonchev–Trinajstić information content (AvgIpc) is 2.38. The summed E-state index contributed by atoms with van der Waals surface area (Å²) in [4.78, 5) is 13.9. The van der Waals surface area contributed by atoms with Gasteiger partial charge in [-0.3, -0.25) is 10.2 Å².